The van der Waals surface area contributed by atoms with Gasteiger partial charge in [-0.2, -0.15) is 0 Å². The second-order valence-corrected chi connectivity index (χ2v) is 9.01. The third-order valence-corrected chi connectivity index (χ3v) is 6.41. The van der Waals surface area contributed by atoms with Crippen molar-refractivity contribution in [3.8, 4) is 23.0 Å². The van der Waals surface area contributed by atoms with Crippen LogP contribution in [0.25, 0.3) is 0 Å². The van der Waals surface area contributed by atoms with Crippen LogP contribution in [0.3, 0.4) is 0 Å². The minimum Gasteiger partial charge on any atom is -0.492 e. The average molecular weight is 545 g/mol. The van der Waals surface area contributed by atoms with Crippen LogP contribution in [0.15, 0.2) is 66.7 Å². The van der Waals surface area contributed by atoms with Gasteiger partial charge in [0.1, 0.15) is 35.2 Å². The molecule has 1 N–H and O–H groups in total. The van der Waals surface area contributed by atoms with Crippen molar-refractivity contribution in [2.24, 2.45) is 0 Å². The van der Waals surface area contributed by atoms with Crippen LogP contribution in [0.4, 0.5) is 0 Å². The maximum Gasteiger partial charge on any atom is 0.188 e. The van der Waals surface area contributed by atoms with E-state index in [9.17, 15) is 5.11 Å². The van der Waals surface area contributed by atoms with Gasteiger partial charge in [-0.25, -0.2) is 0 Å². The molecule has 9 heteroatoms. The number of halogens is 1. The number of fused-ring (bicyclic) bond motifs is 1. The van der Waals surface area contributed by atoms with E-state index in [1.54, 1.807) is 26.4 Å². The Labute approximate surface area is 227 Å². The highest BCUT2D eigenvalue weighted by Gasteiger charge is 2.46. The highest BCUT2D eigenvalue weighted by molar-refractivity contribution is 6.17. The quantitative estimate of drug-likeness (QED) is 0.178. The van der Waals surface area contributed by atoms with Gasteiger partial charge < -0.3 is 38.3 Å². The van der Waals surface area contributed by atoms with Crippen LogP contribution >= 0.6 is 11.6 Å². The second kappa shape index (κ2) is 13.7. The number of ether oxygens (including phenoxy) is 7. The largest absolute Gasteiger partial charge is 0.492 e. The summed E-state index contributed by atoms with van der Waals surface area (Å²) in [4.78, 5) is 0. The molecule has 0 aliphatic carbocycles. The van der Waals surface area contributed by atoms with Gasteiger partial charge in [0.25, 0.3) is 0 Å². The van der Waals surface area contributed by atoms with Crippen LogP contribution in [0.2, 0.25) is 0 Å². The summed E-state index contributed by atoms with van der Waals surface area (Å²) in [5, 5.41) is 12.5. The van der Waals surface area contributed by atoms with Crippen LogP contribution < -0.4 is 18.9 Å². The van der Waals surface area contributed by atoms with Crippen molar-refractivity contribution in [2.45, 2.75) is 11.5 Å². The first-order valence-electron chi connectivity index (χ1n) is 12.3. The molecular formula is C29H33ClO8. The smallest absolute Gasteiger partial charge is 0.188 e. The van der Waals surface area contributed by atoms with Gasteiger partial charge in [-0.05, 0) is 47.5 Å². The van der Waals surface area contributed by atoms with E-state index in [0.717, 1.165) is 5.56 Å². The number of methoxy groups -OCH3 is 2. The molecule has 0 bridgehead atoms. The number of benzene rings is 3. The maximum absolute atomic E-state index is 12.5. The lowest BCUT2D eigenvalue weighted by Crippen LogP contribution is -2.41. The van der Waals surface area contributed by atoms with Crippen molar-refractivity contribution >= 4 is 11.6 Å². The number of hydrogen-bond acceptors (Lipinski definition) is 8. The van der Waals surface area contributed by atoms with E-state index in [0.29, 0.717) is 59.8 Å². The Bertz CT molecular complexity index is 1140. The summed E-state index contributed by atoms with van der Waals surface area (Å²) >= 11 is 5.63. The van der Waals surface area contributed by atoms with E-state index in [1.807, 2.05) is 54.6 Å². The molecule has 0 spiro atoms. The second-order valence-electron chi connectivity index (χ2n) is 8.63. The van der Waals surface area contributed by atoms with E-state index in [-0.39, 0.29) is 20.2 Å². The fourth-order valence-electron chi connectivity index (χ4n) is 4.43. The lowest BCUT2D eigenvalue weighted by Gasteiger charge is -2.42. The summed E-state index contributed by atoms with van der Waals surface area (Å²) in [6, 6.07) is 20.4. The van der Waals surface area contributed by atoms with Gasteiger partial charge in [0, 0.05) is 31.7 Å². The molecule has 8 nitrogen and oxygen atoms in total. The van der Waals surface area contributed by atoms with Crippen LogP contribution in [0, 0.1) is 0 Å². The predicted octanol–water partition coefficient (Wildman–Crippen LogP) is 4.70. The molecule has 0 aromatic heterocycles. The fraction of sp³-hybridized carbons (Fsp3) is 0.379. The van der Waals surface area contributed by atoms with E-state index < -0.39 is 11.5 Å². The monoisotopic (exact) mass is 544 g/mol. The molecule has 4 rings (SSSR count). The van der Waals surface area contributed by atoms with E-state index in [2.05, 4.69) is 0 Å². The van der Waals surface area contributed by atoms with E-state index >= 15 is 0 Å². The molecule has 0 saturated heterocycles. The summed E-state index contributed by atoms with van der Waals surface area (Å²) in [5.74, 6) is 2.54. The van der Waals surface area contributed by atoms with Crippen molar-refractivity contribution in [1.29, 1.82) is 0 Å². The molecule has 0 radical (unpaired) electrons. The lowest BCUT2D eigenvalue weighted by molar-refractivity contribution is 0.00990. The van der Waals surface area contributed by atoms with Gasteiger partial charge in [0.2, 0.25) is 0 Å². The van der Waals surface area contributed by atoms with Gasteiger partial charge in [0.15, 0.2) is 13.6 Å². The molecule has 204 valence electrons. The Kier molecular flexibility index (Phi) is 10.1. The Balaban J connectivity index is 1.64. The molecule has 2 atom stereocenters. The van der Waals surface area contributed by atoms with Gasteiger partial charge in [0.05, 0.1) is 25.7 Å². The maximum atomic E-state index is 12.5. The summed E-state index contributed by atoms with van der Waals surface area (Å²) in [6.07, 6.45) is 0. The van der Waals surface area contributed by atoms with Gasteiger partial charge in [-0.15, -0.1) is 11.6 Å². The molecule has 1 heterocycles. The summed E-state index contributed by atoms with van der Waals surface area (Å²) < 4.78 is 38.4. The van der Waals surface area contributed by atoms with Gasteiger partial charge in [-0.1, -0.05) is 24.3 Å². The van der Waals surface area contributed by atoms with Crippen molar-refractivity contribution in [2.75, 3.05) is 60.1 Å². The van der Waals surface area contributed by atoms with E-state index in [4.69, 9.17) is 44.8 Å². The first-order valence-corrected chi connectivity index (χ1v) is 12.8. The summed E-state index contributed by atoms with van der Waals surface area (Å²) in [5.41, 5.74) is 0.869. The number of aliphatic hydroxyl groups is 1. The Morgan fingerprint density at radius 2 is 1.45 bits per heavy atom. The van der Waals surface area contributed by atoms with Crippen molar-refractivity contribution in [3.63, 3.8) is 0 Å². The Morgan fingerprint density at radius 3 is 2.13 bits per heavy atom. The Hall–Kier alpha value is -3.01. The molecule has 0 saturated carbocycles. The molecule has 0 fully saturated rings. The number of hydrogen-bond donors (Lipinski definition) is 1. The van der Waals surface area contributed by atoms with Gasteiger partial charge >= 0.3 is 0 Å². The molecule has 1 aliphatic heterocycles. The topological polar surface area (TPSA) is 84.8 Å². The third kappa shape index (κ3) is 6.51. The lowest BCUT2D eigenvalue weighted by atomic mass is 9.71. The molecule has 2 unspecified atom stereocenters. The fourth-order valence-corrected chi connectivity index (χ4v) is 4.54. The molecular weight excluding hydrogens is 512 g/mol. The minimum atomic E-state index is -1.38. The zero-order valence-corrected chi connectivity index (χ0v) is 22.3. The SMILES string of the molecule is COCOc1ccc(C2COc3cc(OCOC)ccc3C2(O)c2ccc(OCCOCCCl)cc2)cc1. The van der Waals surface area contributed by atoms with Crippen molar-refractivity contribution in [1.82, 2.24) is 0 Å². The minimum absolute atomic E-state index is 0.113. The first kappa shape index (κ1) is 28.0. The van der Waals surface area contributed by atoms with Crippen LogP contribution in [0.1, 0.15) is 22.6 Å². The number of alkyl halides is 1. The van der Waals surface area contributed by atoms with E-state index in [1.165, 1.54) is 0 Å². The van der Waals surface area contributed by atoms with Gasteiger partial charge in [-0.3, -0.25) is 0 Å². The molecule has 1 aliphatic rings. The van der Waals surface area contributed by atoms with Crippen molar-refractivity contribution in [3.05, 3.63) is 83.4 Å². The average Bonchev–Trinajstić information content (AvgIpc) is 2.95. The first-order chi connectivity index (χ1) is 18.6. The number of rotatable bonds is 14. The summed E-state index contributed by atoms with van der Waals surface area (Å²) in [6.45, 7) is 1.86. The molecule has 3 aromatic carbocycles. The Morgan fingerprint density at radius 1 is 0.816 bits per heavy atom. The highest BCUT2D eigenvalue weighted by atomic mass is 35.5. The standard InChI is InChI=1S/C29H33ClO8/c1-32-19-37-24-7-3-21(4-8-24)27-18-36-28-17-25(38-20-33-2)11-12-26(28)29(27,31)22-5-9-23(10-6-22)35-16-15-34-14-13-30/h3-12,17,27,31H,13-16,18-20H2,1-2H3. The predicted molar refractivity (Wildman–Crippen MR) is 143 cm³/mol. The molecule has 0 amide bonds. The summed E-state index contributed by atoms with van der Waals surface area (Å²) in [7, 11) is 3.13. The van der Waals surface area contributed by atoms with Crippen LogP contribution in [0.5, 0.6) is 23.0 Å². The van der Waals surface area contributed by atoms with Crippen LogP contribution in [-0.2, 0) is 19.8 Å². The zero-order chi connectivity index (χ0) is 26.8. The molecule has 3 aromatic rings. The molecule has 38 heavy (non-hydrogen) atoms. The zero-order valence-electron chi connectivity index (χ0n) is 21.6. The normalized spacial score (nSPS) is 18.4. The highest BCUT2D eigenvalue weighted by Crippen LogP contribution is 2.50. The third-order valence-electron chi connectivity index (χ3n) is 6.26. The van der Waals surface area contributed by atoms with Crippen molar-refractivity contribution < 1.29 is 38.3 Å². The van der Waals surface area contributed by atoms with Crippen LogP contribution in [-0.4, -0.2) is 65.2 Å².